The van der Waals surface area contributed by atoms with Gasteiger partial charge >= 0.3 is 0 Å². The summed E-state index contributed by atoms with van der Waals surface area (Å²) in [5.41, 5.74) is 8.25. The first-order valence-electron chi connectivity index (χ1n) is 7.80. The molecule has 2 aliphatic heterocycles. The van der Waals surface area contributed by atoms with Crippen LogP contribution in [0.4, 0.5) is 11.4 Å². The van der Waals surface area contributed by atoms with E-state index in [1.54, 1.807) is 0 Å². The van der Waals surface area contributed by atoms with Crippen LogP contribution in [0, 0.1) is 0 Å². The summed E-state index contributed by atoms with van der Waals surface area (Å²) >= 11 is 0. The predicted octanol–water partition coefficient (Wildman–Crippen LogP) is 2.34. The minimum Gasteiger partial charge on any atom is -0.491 e. The third kappa shape index (κ3) is 2.57. The van der Waals surface area contributed by atoms with Gasteiger partial charge in [-0.15, -0.1) is 0 Å². The van der Waals surface area contributed by atoms with Gasteiger partial charge in [-0.25, -0.2) is 0 Å². The number of anilines is 2. The number of nitrogens with two attached hydrogens (primary N) is 1. The average Bonchev–Trinajstić information content (AvgIpc) is 2.93. The molecule has 1 aromatic carbocycles. The Balaban J connectivity index is 1.76. The molecule has 2 N–H and O–H groups in total. The first-order chi connectivity index (χ1) is 9.79. The number of hydrogen-bond donors (Lipinski definition) is 1. The van der Waals surface area contributed by atoms with Gasteiger partial charge in [0.1, 0.15) is 5.75 Å². The van der Waals surface area contributed by atoms with E-state index >= 15 is 0 Å². The molecule has 0 bridgehead atoms. The zero-order valence-corrected chi connectivity index (χ0v) is 12.3. The normalized spacial score (nSPS) is 22.9. The Labute approximate surface area is 121 Å². The molecular weight excluding hydrogens is 250 g/mol. The number of hydrogen-bond acceptors (Lipinski definition) is 4. The number of nitrogens with zero attached hydrogens (tertiary/aromatic N) is 2. The lowest BCUT2D eigenvalue weighted by atomic mass is 10.1. The number of piperazine rings is 1. The van der Waals surface area contributed by atoms with Crippen LogP contribution >= 0.6 is 0 Å². The Hall–Kier alpha value is -1.42. The zero-order chi connectivity index (χ0) is 13.9. The molecular formula is C16H25N3O. The molecule has 20 heavy (non-hydrogen) atoms. The van der Waals surface area contributed by atoms with Gasteiger partial charge in [0.25, 0.3) is 0 Å². The summed E-state index contributed by atoms with van der Waals surface area (Å²) < 4.78 is 5.74. The summed E-state index contributed by atoms with van der Waals surface area (Å²) in [6, 6.07) is 6.86. The van der Waals surface area contributed by atoms with Gasteiger partial charge < -0.3 is 15.4 Å². The highest BCUT2D eigenvalue weighted by molar-refractivity contribution is 5.74. The van der Waals surface area contributed by atoms with Crippen LogP contribution in [0.1, 0.15) is 26.2 Å². The molecule has 0 spiro atoms. The van der Waals surface area contributed by atoms with Gasteiger partial charge in [0.15, 0.2) is 0 Å². The van der Waals surface area contributed by atoms with Crippen LogP contribution in [0.15, 0.2) is 18.2 Å². The second kappa shape index (κ2) is 5.92. The quantitative estimate of drug-likeness (QED) is 0.856. The predicted molar refractivity (Wildman–Crippen MR) is 83.4 cm³/mol. The van der Waals surface area contributed by atoms with E-state index in [1.165, 1.54) is 19.4 Å². The van der Waals surface area contributed by atoms with Crippen LogP contribution in [0.3, 0.4) is 0 Å². The van der Waals surface area contributed by atoms with E-state index in [1.807, 2.05) is 6.07 Å². The van der Waals surface area contributed by atoms with Crippen LogP contribution < -0.4 is 15.4 Å². The molecule has 0 aliphatic carbocycles. The molecule has 1 atom stereocenters. The van der Waals surface area contributed by atoms with Gasteiger partial charge in [-0.1, -0.05) is 13.0 Å². The van der Waals surface area contributed by atoms with E-state index in [0.29, 0.717) is 6.04 Å². The van der Waals surface area contributed by atoms with Crippen molar-refractivity contribution in [3.8, 4) is 5.75 Å². The maximum absolute atomic E-state index is 6.31. The lowest BCUT2D eigenvalue weighted by Gasteiger charge is -2.39. The Morgan fingerprint density at radius 1 is 1.30 bits per heavy atom. The molecule has 0 radical (unpaired) electrons. The fraction of sp³-hybridized carbons (Fsp3) is 0.625. The first-order valence-corrected chi connectivity index (χ1v) is 7.80. The van der Waals surface area contributed by atoms with Crippen LogP contribution in [-0.2, 0) is 0 Å². The molecule has 2 heterocycles. The SMILES string of the molecule is CCCOc1cccc(N2CCN3CCCC3C2)c1N. The fourth-order valence-corrected chi connectivity index (χ4v) is 3.36. The number of nitrogen functional groups attached to an aromatic ring is 1. The first kappa shape index (κ1) is 13.6. The Bertz CT molecular complexity index is 463. The van der Waals surface area contributed by atoms with E-state index in [-0.39, 0.29) is 0 Å². The largest absolute Gasteiger partial charge is 0.491 e. The lowest BCUT2D eigenvalue weighted by Crippen LogP contribution is -2.50. The van der Waals surface area contributed by atoms with Crippen LogP contribution in [-0.4, -0.2) is 43.7 Å². The number of rotatable bonds is 4. The number of ether oxygens (including phenoxy) is 1. The van der Waals surface area contributed by atoms with Gasteiger partial charge in [-0.05, 0) is 37.9 Å². The highest BCUT2D eigenvalue weighted by atomic mass is 16.5. The molecule has 2 fully saturated rings. The maximum Gasteiger partial charge on any atom is 0.144 e. The second-order valence-electron chi connectivity index (χ2n) is 5.82. The zero-order valence-electron chi connectivity index (χ0n) is 12.3. The number of para-hydroxylation sites is 1. The van der Waals surface area contributed by atoms with Crippen LogP contribution in [0.5, 0.6) is 5.75 Å². The van der Waals surface area contributed by atoms with Crippen molar-refractivity contribution in [3.05, 3.63) is 18.2 Å². The smallest absolute Gasteiger partial charge is 0.144 e. The van der Waals surface area contributed by atoms with E-state index in [2.05, 4.69) is 28.9 Å². The molecule has 0 saturated carbocycles. The van der Waals surface area contributed by atoms with Crippen LogP contribution in [0.25, 0.3) is 0 Å². The summed E-state index contributed by atoms with van der Waals surface area (Å²) in [5, 5.41) is 0. The van der Waals surface area contributed by atoms with Crippen molar-refractivity contribution in [3.63, 3.8) is 0 Å². The van der Waals surface area contributed by atoms with Crippen molar-refractivity contribution < 1.29 is 4.74 Å². The van der Waals surface area contributed by atoms with E-state index in [0.717, 1.165) is 49.8 Å². The highest BCUT2D eigenvalue weighted by Crippen LogP contribution is 2.34. The molecule has 4 nitrogen and oxygen atoms in total. The number of fused-ring (bicyclic) bond motifs is 1. The minimum absolute atomic E-state index is 0.711. The standard InChI is InChI=1S/C16H25N3O/c1-2-11-20-15-7-3-6-14(16(15)17)19-10-9-18-8-4-5-13(18)12-19/h3,6-7,13H,2,4-5,8-12,17H2,1H3. The molecule has 3 rings (SSSR count). The van der Waals surface area contributed by atoms with Crippen molar-refractivity contribution in [1.82, 2.24) is 4.90 Å². The van der Waals surface area contributed by atoms with Gasteiger partial charge in [0.05, 0.1) is 18.0 Å². The number of benzene rings is 1. The average molecular weight is 275 g/mol. The van der Waals surface area contributed by atoms with Crippen LogP contribution in [0.2, 0.25) is 0 Å². The van der Waals surface area contributed by atoms with Gasteiger partial charge in [0.2, 0.25) is 0 Å². The van der Waals surface area contributed by atoms with Crippen molar-refractivity contribution in [2.24, 2.45) is 0 Å². The molecule has 110 valence electrons. The van der Waals surface area contributed by atoms with Crippen molar-refractivity contribution in [2.45, 2.75) is 32.2 Å². The Morgan fingerprint density at radius 2 is 2.20 bits per heavy atom. The highest BCUT2D eigenvalue weighted by Gasteiger charge is 2.31. The Kier molecular flexibility index (Phi) is 4.01. The summed E-state index contributed by atoms with van der Waals surface area (Å²) in [7, 11) is 0. The van der Waals surface area contributed by atoms with E-state index in [9.17, 15) is 0 Å². The molecule has 4 heteroatoms. The topological polar surface area (TPSA) is 41.7 Å². The molecule has 0 aromatic heterocycles. The molecule has 1 aromatic rings. The fourth-order valence-electron chi connectivity index (χ4n) is 3.36. The monoisotopic (exact) mass is 275 g/mol. The maximum atomic E-state index is 6.31. The van der Waals surface area contributed by atoms with E-state index < -0.39 is 0 Å². The molecule has 1 unspecified atom stereocenters. The third-order valence-electron chi connectivity index (χ3n) is 4.43. The van der Waals surface area contributed by atoms with Gasteiger partial charge in [-0.2, -0.15) is 0 Å². The third-order valence-corrected chi connectivity index (χ3v) is 4.43. The van der Waals surface area contributed by atoms with Crippen molar-refractivity contribution >= 4 is 11.4 Å². The van der Waals surface area contributed by atoms with Crippen molar-refractivity contribution in [2.75, 3.05) is 43.4 Å². The van der Waals surface area contributed by atoms with Gasteiger partial charge in [0, 0.05) is 25.7 Å². The summed E-state index contributed by atoms with van der Waals surface area (Å²) in [5.74, 6) is 0.832. The minimum atomic E-state index is 0.711. The lowest BCUT2D eigenvalue weighted by molar-refractivity contribution is 0.231. The second-order valence-corrected chi connectivity index (χ2v) is 5.82. The summed E-state index contributed by atoms with van der Waals surface area (Å²) in [4.78, 5) is 5.05. The van der Waals surface area contributed by atoms with Crippen molar-refractivity contribution in [1.29, 1.82) is 0 Å². The summed E-state index contributed by atoms with van der Waals surface area (Å²) in [6.07, 6.45) is 3.67. The molecule has 0 amide bonds. The Morgan fingerprint density at radius 3 is 3.05 bits per heavy atom. The summed E-state index contributed by atoms with van der Waals surface area (Å²) in [6.45, 7) is 7.43. The van der Waals surface area contributed by atoms with Gasteiger partial charge in [-0.3, -0.25) is 4.90 Å². The van der Waals surface area contributed by atoms with E-state index in [4.69, 9.17) is 10.5 Å². The molecule has 2 saturated heterocycles. The molecule has 2 aliphatic rings.